The van der Waals surface area contributed by atoms with Crippen molar-refractivity contribution in [2.45, 2.75) is 43.4 Å². The van der Waals surface area contributed by atoms with Crippen LogP contribution in [-0.2, 0) is 10.0 Å². The van der Waals surface area contributed by atoms with Gasteiger partial charge >= 0.3 is 0 Å². The molecule has 0 bridgehead atoms. The number of piperidine rings is 2. The number of halogens is 1. The van der Waals surface area contributed by atoms with Crippen molar-refractivity contribution in [1.29, 1.82) is 0 Å². The van der Waals surface area contributed by atoms with Gasteiger partial charge in [0.15, 0.2) is 0 Å². The fourth-order valence-electron chi connectivity index (χ4n) is 4.07. The molecule has 2 aromatic rings. The molecule has 0 atom stereocenters. The maximum atomic E-state index is 14.4. The average Bonchev–Trinajstić information content (AvgIpc) is 2.81. The molecule has 0 saturated carbocycles. The highest BCUT2D eigenvalue weighted by Gasteiger charge is 2.29. The highest BCUT2D eigenvalue weighted by Crippen LogP contribution is 2.25. The van der Waals surface area contributed by atoms with Gasteiger partial charge in [0.05, 0.1) is 11.9 Å². The lowest BCUT2D eigenvalue weighted by atomic mass is 10.1. The molecule has 0 aliphatic carbocycles. The Bertz CT molecular complexity index is 1030. The first-order chi connectivity index (χ1) is 14.9. The van der Waals surface area contributed by atoms with Crippen LogP contribution in [-0.4, -0.2) is 49.8 Å². The third kappa shape index (κ3) is 4.88. The highest BCUT2D eigenvalue weighted by atomic mass is 32.2. The average molecular weight is 447 g/mol. The number of pyridine rings is 1. The topological polar surface area (TPSA) is 82.6 Å². The van der Waals surface area contributed by atoms with Crippen LogP contribution in [0, 0.1) is 5.82 Å². The molecule has 0 radical (unpaired) electrons. The smallest absolute Gasteiger partial charge is 0.256 e. The number of anilines is 2. The summed E-state index contributed by atoms with van der Waals surface area (Å²) in [5.74, 6) is -1.03. The molecule has 1 aromatic heterocycles. The van der Waals surface area contributed by atoms with Gasteiger partial charge in [0.25, 0.3) is 5.91 Å². The van der Waals surface area contributed by atoms with E-state index in [4.69, 9.17) is 0 Å². The molecule has 7 nitrogen and oxygen atoms in total. The van der Waals surface area contributed by atoms with Crippen molar-refractivity contribution >= 4 is 27.4 Å². The van der Waals surface area contributed by atoms with E-state index >= 15 is 0 Å². The lowest BCUT2D eigenvalue weighted by Gasteiger charge is -2.28. The fraction of sp³-hybridized carbons (Fsp3) is 0.455. The number of hydrogen-bond acceptors (Lipinski definition) is 5. The molecular formula is C22H27FN4O3S. The SMILES string of the molecule is O=C(Nc1ccc(N2CCCCC2)cn1)c1ccc(F)c(S(=O)(=O)N2CCCCC2)c1. The van der Waals surface area contributed by atoms with Gasteiger partial charge in [-0.15, -0.1) is 0 Å². The highest BCUT2D eigenvalue weighted by molar-refractivity contribution is 7.89. The van der Waals surface area contributed by atoms with Gasteiger partial charge in [0.2, 0.25) is 10.0 Å². The van der Waals surface area contributed by atoms with Gasteiger partial charge in [0.1, 0.15) is 16.5 Å². The molecular weight excluding hydrogens is 419 g/mol. The van der Waals surface area contributed by atoms with Gasteiger partial charge < -0.3 is 10.2 Å². The van der Waals surface area contributed by atoms with Crippen LogP contribution in [0.1, 0.15) is 48.9 Å². The lowest BCUT2D eigenvalue weighted by Crippen LogP contribution is -2.36. The molecule has 2 aliphatic heterocycles. The summed E-state index contributed by atoms with van der Waals surface area (Å²) in [4.78, 5) is 18.8. The quantitative estimate of drug-likeness (QED) is 0.758. The molecule has 2 saturated heterocycles. The number of amides is 1. The molecule has 0 spiro atoms. The van der Waals surface area contributed by atoms with Gasteiger partial charge in [-0.2, -0.15) is 4.31 Å². The largest absolute Gasteiger partial charge is 0.370 e. The van der Waals surface area contributed by atoms with Crippen LogP contribution in [0.2, 0.25) is 0 Å². The maximum absolute atomic E-state index is 14.4. The van der Waals surface area contributed by atoms with Crippen molar-refractivity contribution < 1.29 is 17.6 Å². The fourth-order valence-corrected chi connectivity index (χ4v) is 5.68. The van der Waals surface area contributed by atoms with E-state index in [9.17, 15) is 17.6 Å². The Balaban J connectivity index is 1.49. The van der Waals surface area contributed by atoms with E-state index in [2.05, 4.69) is 15.2 Å². The molecule has 1 aromatic carbocycles. The van der Waals surface area contributed by atoms with E-state index in [0.29, 0.717) is 18.9 Å². The Morgan fingerprint density at radius 2 is 1.61 bits per heavy atom. The Kier molecular flexibility index (Phi) is 6.52. The summed E-state index contributed by atoms with van der Waals surface area (Å²) < 4.78 is 41.4. The number of rotatable bonds is 5. The van der Waals surface area contributed by atoms with Crippen LogP contribution in [0.4, 0.5) is 15.9 Å². The number of nitrogens with zero attached hydrogens (tertiary/aromatic N) is 3. The van der Waals surface area contributed by atoms with Gasteiger partial charge in [-0.05, 0) is 62.4 Å². The Labute approximate surface area is 182 Å². The summed E-state index contributed by atoms with van der Waals surface area (Å²) in [6, 6.07) is 7.04. The van der Waals surface area contributed by atoms with Crippen molar-refractivity contribution in [1.82, 2.24) is 9.29 Å². The summed E-state index contributed by atoms with van der Waals surface area (Å²) in [6.45, 7) is 2.73. The molecule has 9 heteroatoms. The third-order valence-electron chi connectivity index (χ3n) is 5.84. The second-order valence-corrected chi connectivity index (χ2v) is 9.92. The number of aromatic nitrogens is 1. The Hall–Kier alpha value is -2.52. The van der Waals surface area contributed by atoms with Crippen molar-refractivity contribution in [2.75, 3.05) is 36.4 Å². The number of carbonyl (C=O) groups is 1. The standard InChI is InChI=1S/C22H27FN4O3S/c23-19-9-7-17(15-20(19)31(29,30)27-13-5-2-6-14-27)22(28)25-21-10-8-18(16-24-21)26-11-3-1-4-12-26/h7-10,15-16H,1-6,11-14H2,(H,24,25,28). The van der Waals surface area contributed by atoms with E-state index in [0.717, 1.165) is 63.0 Å². The van der Waals surface area contributed by atoms with Crippen molar-refractivity contribution in [3.05, 3.63) is 47.9 Å². The molecule has 2 fully saturated rings. The minimum Gasteiger partial charge on any atom is -0.370 e. The van der Waals surface area contributed by atoms with E-state index in [1.165, 1.54) is 16.8 Å². The summed E-state index contributed by atoms with van der Waals surface area (Å²) >= 11 is 0. The Morgan fingerprint density at radius 3 is 2.26 bits per heavy atom. The second-order valence-electron chi connectivity index (χ2n) is 8.01. The monoisotopic (exact) mass is 446 g/mol. The van der Waals surface area contributed by atoms with Crippen LogP contribution < -0.4 is 10.2 Å². The molecule has 166 valence electrons. The number of sulfonamides is 1. The predicted octanol–water partition coefficient (Wildman–Crippen LogP) is 3.64. The van der Waals surface area contributed by atoms with Crippen LogP contribution >= 0.6 is 0 Å². The van der Waals surface area contributed by atoms with Gasteiger partial charge in [0, 0.05) is 31.7 Å². The first-order valence-electron chi connectivity index (χ1n) is 10.8. The third-order valence-corrected chi connectivity index (χ3v) is 7.75. The number of carbonyl (C=O) groups excluding carboxylic acids is 1. The van der Waals surface area contributed by atoms with Crippen LogP contribution in [0.15, 0.2) is 41.4 Å². The molecule has 31 heavy (non-hydrogen) atoms. The summed E-state index contributed by atoms with van der Waals surface area (Å²) in [6.07, 6.45) is 7.74. The zero-order chi connectivity index (χ0) is 21.8. The van der Waals surface area contributed by atoms with Crippen LogP contribution in [0.25, 0.3) is 0 Å². The normalized spacial score (nSPS) is 18.0. The lowest BCUT2D eigenvalue weighted by molar-refractivity contribution is 0.102. The predicted molar refractivity (Wildman–Crippen MR) is 117 cm³/mol. The minimum atomic E-state index is -3.98. The summed E-state index contributed by atoms with van der Waals surface area (Å²) in [5, 5.41) is 2.67. The first-order valence-corrected chi connectivity index (χ1v) is 12.2. The number of hydrogen-bond donors (Lipinski definition) is 1. The van der Waals surface area contributed by atoms with Crippen LogP contribution in [0.5, 0.6) is 0 Å². The zero-order valence-corrected chi connectivity index (χ0v) is 18.2. The van der Waals surface area contributed by atoms with E-state index in [1.54, 1.807) is 12.3 Å². The van der Waals surface area contributed by atoms with Crippen molar-refractivity contribution in [3.8, 4) is 0 Å². The molecule has 0 unspecified atom stereocenters. The number of nitrogens with one attached hydrogen (secondary N) is 1. The van der Waals surface area contributed by atoms with Crippen LogP contribution in [0.3, 0.4) is 0 Å². The molecule has 1 N–H and O–H groups in total. The van der Waals surface area contributed by atoms with Gasteiger partial charge in [-0.25, -0.2) is 17.8 Å². The zero-order valence-electron chi connectivity index (χ0n) is 17.4. The van der Waals surface area contributed by atoms with Crippen molar-refractivity contribution in [3.63, 3.8) is 0 Å². The summed E-state index contributed by atoms with van der Waals surface area (Å²) in [7, 11) is -3.98. The maximum Gasteiger partial charge on any atom is 0.256 e. The summed E-state index contributed by atoms with van der Waals surface area (Å²) in [5.41, 5.74) is 1.08. The molecule has 3 heterocycles. The molecule has 1 amide bonds. The Morgan fingerprint density at radius 1 is 0.935 bits per heavy atom. The number of benzene rings is 1. The second kappa shape index (κ2) is 9.32. The van der Waals surface area contributed by atoms with Crippen molar-refractivity contribution in [2.24, 2.45) is 0 Å². The van der Waals surface area contributed by atoms with E-state index in [1.807, 2.05) is 6.07 Å². The van der Waals surface area contributed by atoms with Gasteiger partial charge in [-0.3, -0.25) is 4.79 Å². The molecule has 2 aliphatic rings. The first kappa shape index (κ1) is 21.7. The molecule has 4 rings (SSSR count). The minimum absolute atomic E-state index is 0.0684. The van der Waals surface area contributed by atoms with E-state index < -0.39 is 26.6 Å². The van der Waals surface area contributed by atoms with Gasteiger partial charge in [-0.1, -0.05) is 6.42 Å². The van der Waals surface area contributed by atoms with E-state index in [-0.39, 0.29) is 5.56 Å².